The van der Waals surface area contributed by atoms with Gasteiger partial charge in [-0.25, -0.2) is 0 Å². The molecule has 2 rings (SSSR count). The molecule has 20 heavy (non-hydrogen) atoms. The van der Waals surface area contributed by atoms with E-state index in [4.69, 9.17) is 4.74 Å². The van der Waals surface area contributed by atoms with Crippen molar-refractivity contribution in [2.75, 3.05) is 13.7 Å². The van der Waals surface area contributed by atoms with Crippen molar-refractivity contribution in [2.24, 2.45) is 0 Å². The molecule has 0 bridgehead atoms. The Bertz CT molecular complexity index is 578. The van der Waals surface area contributed by atoms with E-state index in [9.17, 15) is 5.11 Å². The zero-order valence-corrected chi connectivity index (χ0v) is 12.4. The predicted octanol–water partition coefficient (Wildman–Crippen LogP) is 3.10. The minimum absolute atomic E-state index is 0.565. The fourth-order valence-electron chi connectivity index (χ4n) is 2.27. The van der Waals surface area contributed by atoms with E-state index in [1.165, 1.54) is 10.8 Å². The average Bonchev–Trinajstić information content (AvgIpc) is 2.47. The molecule has 2 aromatic carbocycles. The molecule has 0 aliphatic carbocycles. The van der Waals surface area contributed by atoms with Crippen molar-refractivity contribution in [1.82, 2.24) is 5.32 Å². The van der Waals surface area contributed by atoms with Crippen molar-refractivity contribution in [2.45, 2.75) is 32.4 Å². The number of fused-ring (bicyclic) bond motifs is 1. The number of methoxy groups -OCH3 is 1. The molecule has 3 nitrogen and oxygen atoms in total. The number of nitrogens with one attached hydrogen (secondary N) is 1. The highest BCUT2D eigenvalue weighted by molar-refractivity contribution is 5.87. The molecule has 0 spiro atoms. The van der Waals surface area contributed by atoms with E-state index in [0.29, 0.717) is 13.1 Å². The average molecular weight is 273 g/mol. The van der Waals surface area contributed by atoms with Crippen LogP contribution in [0.3, 0.4) is 0 Å². The van der Waals surface area contributed by atoms with Gasteiger partial charge in [0.1, 0.15) is 5.75 Å². The van der Waals surface area contributed by atoms with Crippen molar-refractivity contribution in [1.29, 1.82) is 0 Å². The van der Waals surface area contributed by atoms with E-state index >= 15 is 0 Å². The van der Waals surface area contributed by atoms with Crippen LogP contribution in [-0.4, -0.2) is 24.4 Å². The minimum atomic E-state index is -0.669. The van der Waals surface area contributed by atoms with Gasteiger partial charge in [-0.15, -0.1) is 0 Å². The third-order valence-electron chi connectivity index (χ3n) is 3.79. The van der Waals surface area contributed by atoms with Crippen LogP contribution < -0.4 is 10.1 Å². The molecular formula is C17H23NO2. The smallest absolute Gasteiger partial charge is 0.123 e. The molecule has 108 valence electrons. The molecular weight excluding hydrogens is 250 g/mol. The van der Waals surface area contributed by atoms with Gasteiger partial charge in [0.25, 0.3) is 0 Å². The van der Waals surface area contributed by atoms with Gasteiger partial charge in [0, 0.05) is 18.7 Å². The second kappa shape index (κ2) is 6.25. The molecule has 0 saturated carbocycles. The van der Waals surface area contributed by atoms with Gasteiger partial charge in [0.05, 0.1) is 12.7 Å². The number of ether oxygens (including phenoxy) is 1. The van der Waals surface area contributed by atoms with Gasteiger partial charge in [0.2, 0.25) is 0 Å². The lowest BCUT2D eigenvalue weighted by Gasteiger charge is -2.22. The molecule has 0 aliphatic rings. The van der Waals surface area contributed by atoms with Gasteiger partial charge in [-0.2, -0.15) is 0 Å². The normalized spacial score (nSPS) is 14.2. The molecule has 0 radical (unpaired) electrons. The molecule has 2 aromatic rings. The van der Waals surface area contributed by atoms with Gasteiger partial charge in [-0.1, -0.05) is 37.3 Å². The monoisotopic (exact) mass is 273 g/mol. The minimum Gasteiger partial charge on any atom is -0.496 e. The van der Waals surface area contributed by atoms with Gasteiger partial charge in [0.15, 0.2) is 0 Å². The quantitative estimate of drug-likeness (QED) is 0.850. The molecule has 0 heterocycles. The molecule has 2 N–H and O–H groups in total. The standard InChI is InChI=1S/C17H23NO2/c1-4-17(2,19)12-18-11-15-14-8-6-5-7-13(14)9-10-16(15)20-3/h5-10,18-19H,4,11-12H2,1-3H3. The molecule has 0 fully saturated rings. The van der Waals surface area contributed by atoms with Crippen LogP contribution in [0.2, 0.25) is 0 Å². The Morgan fingerprint density at radius 3 is 2.65 bits per heavy atom. The number of hydrogen-bond donors (Lipinski definition) is 2. The summed E-state index contributed by atoms with van der Waals surface area (Å²) in [4.78, 5) is 0. The van der Waals surface area contributed by atoms with Crippen LogP contribution >= 0.6 is 0 Å². The maximum atomic E-state index is 10.0. The van der Waals surface area contributed by atoms with E-state index in [1.807, 2.05) is 32.0 Å². The number of hydrogen-bond acceptors (Lipinski definition) is 3. The Balaban J connectivity index is 2.23. The summed E-state index contributed by atoms with van der Waals surface area (Å²) in [6, 6.07) is 12.3. The fourth-order valence-corrected chi connectivity index (χ4v) is 2.27. The van der Waals surface area contributed by atoms with Crippen LogP contribution in [0.5, 0.6) is 5.75 Å². The van der Waals surface area contributed by atoms with Crippen LogP contribution in [0, 0.1) is 0 Å². The maximum Gasteiger partial charge on any atom is 0.123 e. The third kappa shape index (κ3) is 3.30. The summed E-state index contributed by atoms with van der Waals surface area (Å²) in [5.74, 6) is 0.882. The van der Waals surface area contributed by atoms with Crippen LogP contribution in [0.25, 0.3) is 10.8 Å². The first-order valence-electron chi connectivity index (χ1n) is 7.05. The Labute approximate surface area is 120 Å². The Kier molecular flexibility index (Phi) is 4.63. The van der Waals surface area contributed by atoms with Crippen molar-refractivity contribution in [3.05, 3.63) is 42.0 Å². The first-order chi connectivity index (χ1) is 9.57. The second-order valence-electron chi connectivity index (χ2n) is 5.42. The third-order valence-corrected chi connectivity index (χ3v) is 3.79. The largest absolute Gasteiger partial charge is 0.496 e. The van der Waals surface area contributed by atoms with Crippen LogP contribution in [-0.2, 0) is 6.54 Å². The molecule has 1 atom stereocenters. The first kappa shape index (κ1) is 14.8. The number of aliphatic hydroxyl groups is 1. The van der Waals surface area contributed by atoms with E-state index in [1.54, 1.807) is 7.11 Å². The molecule has 1 unspecified atom stereocenters. The molecule has 0 aliphatic heterocycles. The van der Waals surface area contributed by atoms with Crippen molar-refractivity contribution in [3.63, 3.8) is 0 Å². The zero-order valence-electron chi connectivity index (χ0n) is 12.4. The van der Waals surface area contributed by atoms with Crippen LogP contribution in [0.4, 0.5) is 0 Å². The van der Waals surface area contributed by atoms with Gasteiger partial charge < -0.3 is 15.2 Å². The summed E-state index contributed by atoms with van der Waals surface area (Å²) >= 11 is 0. The fraction of sp³-hybridized carbons (Fsp3) is 0.412. The lowest BCUT2D eigenvalue weighted by Crippen LogP contribution is -2.36. The van der Waals surface area contributed by atoms with E-state index < -0.39 is 5.60 Å². The van der Waals surface area contributed by atoms with E-state index in [2.05, 4.69) is 23.5 Å². The lowest BCUT2D eigenvalue weighted by molar-refractivity contribution is 0.0555. The Morgan fingerprint density at radius 2 is 1.95 bits per heavy atom. The van der Waals surface area contributed by atoms with E-state index in [-0.39, 0.29) is 0 Å². The zero-order chi connectivity index (χ0) is 14.6. The molecule has 0 saturated heterocycles. The highest BCUT2D eigenvalue weighted by atomic mass is 16.5. The molecule has 3 heteroatoms. The van der Waals surface area contributed by atoms with Crippen LogP contribution in [0.15, 0.2) is 36.4 Å². The van der Waals surface area contributed by atoms with Crippen molar-refractivity contribution >= 4 is 10.8 Å². The topological polar surface area (TPSA) is 41.5 Å². The highest BCUT2D eigenvalue weighted by Crippen LogP contribution is 2.27. The van der Waals surface area contributed by atoms with Crippen molar-refractivity contribution in [3.8, 4) is 5.75 Å². The maximum absolute atomic E-state index is 10.0. The SMILES string of the molecule is CCC(C)(O)CNCc1c(OC)ccc2ccccc12. The summed E-state index contributed by atoms with van der Waals surface area (Å²) in [6.07, 6.45) is 0.729. The Hall–Kier alpha value is -1.58. The number of benzene rings is 2. The predicted molar refractivity (Wildman–Crippen MR) is 83.1 cm³/mol. The van der Waals surface area contributed by atoms with Crippen molar-refractivity contribution < 1.29 is 9.84 Å². The van der Waals surface area contributed by atoms with Crippen LogP contribution in [0.1, 0.15) is 25.8 Å². The summed E-state index contributed by atoms with van der Waals surface area (Å²) in [7, 11) is 1.69. The lowest BCUT2D eigenvalue weighted by atomic mass is 10.0. The first-order valence-corrected chi connectivity index (χ1v) is 7.05. The summed E-state index contributed by atoms with van der Waals surface area (Å²) in [5.41, 5.74) is 0.468. The molecule has 0 aromatic heterocycles. The van der Waals surface area contributed by atoms with Gasteiger partial charge in [-0.05, 0) is 30.2 Å². The van der Waals surface area contributed by atoms with E-state index in [0.717, 1.165) is 17.7 Å². The molecule has 0 amide bonds. The van der Waals surface area contributed by atoms with Gasteiger partial charge in [-0.3, -0.25) is 0 Å². The Morgan fingerprint density at radius 1 is 1.20 bits per heavy atom. The summed E-state index contributed by atoms with van der Waals surface area (Å²) in [6.45, 7) is 5.08. The van der Waals surface area contributed by atoms with Gasteiger partial charge >= 0.3 is 0 Å². The number of rotatable bonds is 6. The highest BCUT2D eigenvalue weighted by Gasteiger charge is 2.17. The second-order valence-corrected chi connectivity index (χ2v) is 5.42. The summed E-state index contributed by atoms with van der Waals surface area (Å²) < 4.78 is 5.46. The summed E-state index contributed by atoms with van der Waals surface area (Å²) in [5, 5.41) is 15.8.